The second-order valence-electron chi connectivity index (χ2n) is 11.9. The van der Waals surface area contributed by atoms with Crippen LogP contribution in [0.1, 0.15) is 166 Å². The van der Waals surface area contributed by atoms with E-state index in [0.717, 1.165) is 17.9 Å². The largest absolute Gasteiger partial charge is 0.457 e. The van der Waals surface area contributed by atoms with Gasteiger partial charge in [-0.2, -0.15) is 0 Å². The molecule has 0 saturated heterocycles. The monoisotopic (exact) mass is 534 g/mol. The van der Waals surface area contributed by atoms with Crippen LogP contribution in [0.2, 0.25) is 0 Å². The Hall–Kier alpha value is -1.76. The molecule has 0 aromatic heterocycles. The van der Waals surface area contributed by atoms with E-state index in [4.69, 9.17) is 4.74 Å². The van der Waals surface area contributed by atoms with Crippen molar-refractivity contribution in [1.29, 1.82) is 0 Å². The van der Waals surface area contributed by atoms with Crippen molar-refractivity contribution >= 4 is 0 Å². The highest BCUT2D eigenvalue weighted by Crippen LogP contribution is 2.30. The lowest BCUT2D eigenvalue weighted by atomic mass is 9.95. The highest BCUT2D eigenvalue weighted by Gasteiger charge is 2.11. The van der Waals surface area contributed by atoms with Crippen molar-refractivity contribution < 1.29 is 4.74 Å². The minimum absolute atomic E-state index is 0.949. The number of hydrogen-bond donors (Lipinski definition) is 0. The molecule has 0 unspecified atom stereocenters. The topological polar surface area (TPSA) is 9.23 Å². The zero-order valence-corrected chi connectivity index (χ0v) is 26.0. The van der Waals surface area contributed by atoms with E-state index in [1.807, 2.05) is 0 Å². The predicted octanol–water partition coefficient (Wildman–Crippen LogP) is 13.2. The van der Waals surface area contributed by atoms with Crippen molar-refractivity contribution in [2.45, 2.75) is 168 Å². The maximum Gasteiger partial charge on any atom is 0.130 e. The van der Waals surface area contributed by atoms with Gasteiger partial charge in [-0.1, -0.05) is 173 Å². The summed E-state index contributed by atoms with van der Waals surface area (Å²) in [6.07, 6.45) is 33.1. The highest BCUT2D eigenvalue weighted by atomic mass is 16.5. The minimum Gasteiger partial charge on any atom is -0.457 e. The van der Waals surface area contributed by atoms with E-state index >= 15 is 0 Å². The molecule has 1 heteroatoms. The van der Waals surface area contributed by atoms with Crippen LogP contribution >= 0.6 is 0 Å². The van der Waals surface area contributed by atoms with Gasteiger partial charge in [-0.15, -0.1) is 0 Å². The Labute approximate surface area is 243 Å². The molecule has 0 atom stereocenters. The van der Waals surface area contributed by atoms with Gasteiger partial charge in [0.05, 0.1) is 0 Å². The van der Waals surface area contributed by atoms with Crippen molar-refractivity contribution in [2.75, 3.05) is 0 Å². The second-order valence-corrected chi connectivity index (χ2v) is 11.9. The average molecular weight is 535 g/mol. The molecular weight excluding hydrogens is 472 g/mol. The third-order valence-corrected chi connectivity index (χ3v) is 8.28. The highest BCUT2D eigenvalue weighted by molar-refractivity contribution is 5.43. The lowest BCUT2D eigenvalue weighted by Crippen LogP contribution is -1.99. The molecule has 0 aliphatic rings. The summed E-state index contributed by atoms with van der Waals surface area (Å²) >= 11 is 0. The zero-order chi connectivity index (χ0) is 27.6. The molecule has 0 radical (unpaired) electrons. The molecule has 2 aromatic rings. The maximum absolute atomic E-state index is 6.41. The van der Waals surface area contributed by atoms with E-state index in [0.29, 0.717) is 0 Å². The van der Waals surface area contributed by atoms with Gasteiger partial charge in [0.15, 0.2) is 0 Å². The molecule has 0 fully saturated rings. The first-order valence-corrected chi connectivity index (χ1v) is 17.2. The fraction of sp³-hybridized carbons (Fsp3) is 0.684. The lowest BCUT2D eigenvalue weighted by Gasteiger charge is -2.16. The Morgan fingerprint density at radius 2 is 0.846 bits per heavy atom. The molecule has 0 aliphatic heterocycles. The third-order valence-electron chi connectivity index (χ3n) is 8.28. The van der Waals surface area contributed by atoms with Gasteiger partial charge in [0, 0.05) is 0 Å². The van der Waals surface area contributed by atoms with Crippen LogP contribution in [0.25, 0.3) is 0 Å². The van der Waals surface area contributed by atoms with Crippen molar-refractivity contribution in [3.63, 3.8) is 0 Å². The van der Waals surface area contributed by atoms with E-state index in [1.54, 1.807) is 0 Å². The van der Waals surface area contributed by atoms with Crippen LogP contribution in [0.15, 0.2) is 48.5 Å². The van der Waals surface area contributed by atoms with Crippen LogP contribution in [-0.4, -0.2) is 0 Å². The van der Waals surface area contributed by atoms with Crippen LogP contribution in [-0.2, 0) is 12.8 Å². The van der Waals surface area contributed by atoms with Crippen LogP contribution in [0.4, 0.5) is 0 Å². The first-order valence-electron chi connectivity index (χ1n) is 17.2. The standard InChI is InChI=1S/C38H62O/c1-3-5-7-9-11-13-15-16-18-20-22-27-33-37-35(29-24-21-19-17-14-12-10-8-6-4-2)30-28-34-38(37)39-36-31-25-23-26-32-36/h23,25-26,28,30-32,34H,3-22,24,27,29,33H2,1-2H3. The van der Waals surface area contributed by atoms with Gasteiger partial charge in [0.25, 0.3) is 0 Å². The van der Waals surface area contributed by atoms with Crippen molar-refractivity contribution in [1.82, 2.24) is 0 Å². The van der Waals surface area contributed by atoms with E-state index in [2.05, 4.69) is 62.4 Å². The molecule has 2 rings (SSSR count). The molecule has 2 aromatic carbocycles. The Bertz CT molecular complexity index is 796. The fourth-order valence-corrected chi connectivity index (χ4v) is 5.79. The lowest BCUT2D eigenvalue weighted by molar-refractivity contribution is 0.472. The van der Waals surface area contributed by atoms with Crippen molar-refractivity contribution in [3.05, 3.63) is 59.7 Å². The average Bonchev–Trinajstić information content (AvgIpc) is 2.96. The summed E-state index contributed by atoms with van der Waals surface area (Å²) in [4.78, 5) is 0. The van der Waals surface area contributed by atoms with Crippen LogP contribution in [0.3, 0.4) is 0 Å². The number of unbranched alkanes of at least 4 members (excludes halogenated alkanes) is 20. The van der Waals surface area contributed by atoms with Crippen LogP contribution in [0, 0.1) is 0 Å². The first kappa shape index (κ1) is 33.4. The summed E-state index contributed by atoms with van der Waals surface area (Å²) in [5.41, 5.74) is 2.98. The van der Waals surface area contributed by atoms with E-state index in [-0.39, 0.29) is 0 Å². The molecule has 0 heterocycles. The minimum atomic E-state index is 0.949. The summed E-state index contributed by atoms with van der Waals surface area (Å²) in [5.74, 6) is 2.03. The molecule has 0 saturated carbocycles. The summed E-state index contributed by atoms with van der Waals surface area (Å²) < 4.78 is 6.41. The van der Waals surface area contributed by atoms with Crippen LogP contribution < -0.4 is 4.74 Å². The van der Waals surface area contributed by atoms with Gasteiger partial charge in [-0.05, 0) is 55.0 Å². The molecule has 0 amide bonds. The van der Waals surface area contributed by atoms with Crippen molar-refractivity contribution in [2.24, 2.45) is 0 Å². The molecule has 1 nitrogen and oxygen atoms in total. The Morgan fingerprint density at radius 3 is 1.33 bits per heavy atom. The predicted molar refractivity (Wildman–Crippen MR) is 173 cm³/mol. The second kappa shape index (κ2) is 24.1. The quantitative estimate of drug-likeness (QED) is 0.109. The zero-order valence-electron chi connectivity index (χ0n) is 26.0. The van der Waals surface area contributed by atoms with Gasteiger partial charge in [-0.3, -0.25) is 0 Å². The molecule has 0 bridgehead atoms. The number of benzene rings is 2. The molecule has 0 aliphatic carbocycles. The summed E-state index contributed by atoms with van der Waals surface area (Å²) in [5, 5.41) is 0. The Morgan fingerprint density at radius 1 is 0.410 bits per heavy atom. The van der Waals surface area contributed by atoms with E-state index in [1.165, 1.54) is 159 Å². The normalized spacial score (nSPS) is 11.2. The van der Waals surface area contributed by atoms with Gasteiger partial charge in [0.1, 0.15) is 11.5 Å². The number of aryl methyl sites for hydroxylation is 1. The van der Waals surface area contributed by atoms with Gasteiger partial charge >= 0.3 is 0 Å². The number of rotatable bonds is 26. The number of hydrogen-bond acceptors (Lipinski definition) is 1. The van der Waals surface area contributed by atoms with E-state index in [9.17, 15) is 0 Å². The van der Waals surface area contributed by atoms with Crippen molar-refractivity contribution in [3.8, 4) is 11.5 Å². The molecule has 0 spiro atoms. The SMILES string of the molecule is CCCCCCCCCCCCCCc1c(CCCCCCCCCCCC)cccc1Oc1ccccc1. The van der Waals surface area contributed by atoms with Gasteiger partial charge in [-0.25, -0.2) is 0 Å². The third kappa shape index (κ3) is 16.8. The van der Waals surface area contributed by atoms with Gasteiger partial charge in [0.2, 0.25) is 0 Å². The summed E-state index contributed by atoms with van der Waals surface area (Å²) in [6, 6.07) is 17.1. The van der Waals surface area contributed by atoms with Crippen LogP contribution in [0.5, 0.6) is 11.5 Å². The number of para-hydroxylation sites is 1. The fourth-order valence-electron chi connectivity index (χ4n) is 5.79. The van der Waals surface area contributed by atoms with Gasteiger partial charge < -0.3 is 4.74 Å². The summed E-state index contributed by atoms with van der Waals surface area (Å²) in [7, 11) is 0. The Kier molecular flexibility index (Phi) is 20.6. The summed E-state index contributed by atoms with van der Waals surface area (Å²) in [6.45, 7) is 4.60. The molecule has 220 valence electrons. The maximum atomic E-state index is 6.41. The first-order chi connectivity index (χ1) is 19.3. The molecular formula is C38H62O. The van der Waals surface area contributed by atoms with E-state index < -0.39 is 0 Å². The number of ether oxygens (including phenoxy) is 1. The molecule has 0 N–H and O–H groups in total. The molecule has 39 heavy (non-hydrogen) atoms. The Balaban J connectivity index is 1.73. The smallest absolute Gasteiger partial charge is 0.130 e.